The van der Waals surface area contributed by atoms with Gasteiger partial charge < -0.3 is 25.0 Å². The third-order valence-corrected chi connectivity index (χ3v) is 9.02. The number of likely N-dealkylation sites (tertiary alicyclic amines) is 1. The number of alkyl halides is 3. The summed E-state index contributed by atoms with van der Waals surface area (Å²) in [6.45, 7) is 5.74. The summed E-state index contributed by atoms with van der Waals surface area (Å²) in [4.78, 5) is 42.1. The first-order valence-electron chi connectivity index (χ1n) is 15.7. The number of benzene rings is 2. The molecule has 3 aliphatic rings. The normalized spacial score (nSPS) is 24.3. The molecule has 5 rings (SSSR count). The lowest BCUT2D eigenvalue weighted by atomic mass is 9.81. The topological polar surface area (TPSA) is 100 Å². The van der Waals surface area contributed by atoms with Crippen molar-refractivity contribution < 1.29 is 37.0 Å². The van der Waals surface area contributed by atoms with E-state index in [0.717, 1.165) is 43.9 Å². The first-order valence-corrected chi connectivity index (χ1v) is 15.7. The molecule has 244 valence electrons. The van der Waals surface area contributed by atoms with Gasteiger partial charge in [0.2, 0.25) is 5.91 Å². The van der Waals surface area contributed by atoms with Gasteiger partial charge in [0.25, 0.3) is 11.8 Å². The van der Waals surface area contributed by atoms with E-state index in [9.17, 15) is 27.6 Å². The van der Waals surface area contributed by atoms with Crippen molar-refractivity contribution in [3.63, 3.8) is 0 Å². The third kappa shape index (κ3) is 8.42. The SMILES string of the molecule is CCO[C@@H]1CN(C2CCC(c3ccc(C(=O)N4CCOCC4)cc3)CC2)C[C@@H]1NC(=O)CNC(=O)c1cccc(C(F)(F)F)c1. The monoisotopic (exact) mass is 630 g/mol. The summed E-state index contributed by atoms with van der Waals surface area (Å²) < 4.78 is 50.3. The number of halogens is 3. The van der Waals surface area contributed by atoms with Crippen LogP contribution in [0.4, 0.5) is 13.2 Å². The quantitative estimate of drug-likeness (QED) is 0.437. The number of carbonyl (C=O) groups is 3. The Morgan fingerprint density at radius 3 is 2.33 bits per heavy atom. The first kappa shape index (κ1) is 32.9. The molecule has 0 unspecified atom stereocenters. The number of hydrogen-bond donors (Lipinski definition) is 2. The molecule has 45 heavy (non-hydrogen) atoms. The summed E-state index contributed by atoms with van der Waals surface area (Å²) in [7, 11) is 0. The summed E-state index contributed by atoms with van der Waals surface area (Å²) in [6, 6.07) is 12.2. The van der Waals surface area contributed by atoms with Crippen LogP contribution in [0.25, 0.3) is 0 Å². The van der Waals surface area contributed by atoms with Gasteiger partial charge in [-0.15, -0.1) is 0 Å². The molecule has 2 N–H and O–H groups in total. The van der Waals surface area contributed by atoms with E-state index in [0.29, 0.717) is 63.5 Å². The van der Waals surface area contributed by atoms with Crippen molar-refractivity contribution in [1.82, 2.24) is 20.4 Å². The Morgan fingerprint density at radius 2 is 1.67 bits per heavy atom. The molecule has 9 nitrogen and oxygen atoms in total. The lowest BCUT2D eigenvalue weighted by Gasteiger charge is -2.35. The average molecular weight is 631 g/mol. The third-order valence-electron chi connectivity index (χ3n) is 9.02. The minimum Gasteiger partial charge on any atom is -0.378 e. The molecule has 1 saturated carbocycles. The molecule has 0 spiro atoms. The van der Waals surface area contributed by atoms with Crippen molar-refractivity contribution in [3.8, 4) is 0 Å². The summed E-state index contributed by atoms with van der Waals surface area (Å²) in [5, 5.41) is 5.38. The van der Waals surface area contributed by atoms with E-state index < -0.39 is 23.6 Å². The Balaban J connectivity index is 1.09. The Hall–Kier alpha value is -3.48. The minimum absolute atomic E-state index is 0.0474. The van der Waals surface area contributed by atoms with E-state index in [-0.39, 0.29) is 30.2 Å². The Morgan fingerprint density at radius 1 is 0.956 bits per heavy atom. The number of rotatable bonds is 9. The summed E-state index contributed by atoms with van der Waals surface area (Å²) in [6.07, 6.45) is -0.706. The number of nitrogens with zero attached hydrogens (tertiary/aromatic N) is 2. The van der Waals surface area contributed by atoms with E-state index in [2.05, 4.69) is 27.7 Å². The van der Waals surface area contributed by atoms with Gasteiger partial charge in [0.15, 0.2) is 0 Å². The second kappa shape index (κ2) is 14.7. The Labute approximate surface area is 261 Å². The molecule has 3 fully saturated rings. The lowest BCUT2D eigenvalue weighted by Crippen LogP contribution is -2.48. The zero-order chi connectivity index (χ0) is 32.0. The van der Waals surface area contributed by atoms with Gasteiger partial charge in [-0.25, -0.2) is 0 Å². The minimum atomic E-state index is -4.56. The molecule has 12 heteroatoms. The Bertz CT molecular complexity index is 1320. The highest BCUT2D eigenvalue weighted by Gasteiger charge is 2.39. The molecule has 0 radical (unpaired) electrons. The zero-order valence-electron chi connectivity index (χ0n) is 25.5. The smallest absolute Gasteiger partial charge is 0.378 e. The van der Waals surface area contributed by atoms with Crippen LogP contribution in [-0.2, 0) is 20.4 Å². The zero-order valence-corrected chi connectivity index (χ0v) is 25.5. The molecule has 0 bridgehead atoms. The number of morpholine rings is 1. The molecule has 2 aliphatic heterocycles. The van der Waals surface area contributed by atoms with Crippen molar-refractivity contribution in [3.05, 3.63) is 70.8 Å². The standard InChI is InChI=1S/C33H41F3N4O5/c1-2-45-29-21-40(20-28(29)38-30(41)19-37-31(42)25-4-3-5-26(18-25)33(34,35)36)27-12-10-23(11-13-27)22-6-8-24(9-7-22)32(43)39-14-16-44-17-15-39/h3-9,18,23,27-29H,2,10-17,19-21H2,1H3,(H,37,42)(H,38,41)/t23?,27?,28-,29+/m0/s1. The number of nitrogens with one attached hydrogen (secondary N) is 2. The molecule has 2 aromatic rings. The largest absolute Gasteiger partial charge is 0.416 e. The van der Waals surface area contributed by atoms with Crippen molar-refractivity contribution in [2.45, 2.75) is 62.9 Å². The number of ether oxygens (including phenoxy) is 2. The van der Waals surface area contributed by atoms with Crippen molar-refractivity contribution in [2.24, 2.45) is 0 Å². The van der Waals surface area contributed by atoms with Gasteiger partial charge in [-0.1, -0.05) is 18.2 Å². The van der Waals surface area contributed by atoms with Gasteiger partial charge in [-0.2, -0.15) is 13.2 Å². The second-order valence-electron chi connectivity index (χ2n) is 11.9. The summed E-state index contributed by atoms with van der Waals surface area (Å²) in [5.41, 5.74) is 0.868. The molecule has 2 atom stereocenters. The molecule has 2 aromatic carbocycles. The van der Waals surface area contributed by atoms with Gasteiger partial charge in [-0.05, 0) is 74.4 Å². The Kier molecular flexibility index (Phi) is 10.8. The van der Waals surface area contributed by atoms with Crippen LogP contribution < -0.4 is 10.6 Å². The highest BCUT2D eigenvalue weighted by Crippen LogP contribution is 2.36. The molecule has 3 amide bonds. The van der Waals surface area contributed by atoms with Crippen molar-refractivity contribution in [1.29, 1.82) is 0 Å². The predicted octanol–water partition coefficient (Wildman–Crippen LogP) is 3.84. The van der Waals surface area contributed by atoms with Crippen LogP contribution >= 0.6 is 0 Å². The van der Waals surface area contributed by atoms with E-state index in [1.165, 1.54) is 11.6 Å². The van der Waals surface area contributed by atoms with Crippen molar-refractivity contribution >= 4 is 17.7 Å². The van der Waals surface area contributed by atoms with Gasteiger partial charge >= 0.3 is 6.18 Å². The molecule has 1 aliphatic carbocycles. The van der Waals surface area contributed by atoms with Gasteiger partial charge in [0, 0.05) is 50.0 Å². The highest BCUT2D eigenvalue weighted by atomic mass is 19.4. The van der Waals surface area contributed by atoms with E-state index in [1.54, 1.807) is 0 Å². The maximum atomic E-state index is 13.0. The van der Waals surface area contributed by atoms with Crippen LogP contribution in [0, 0.1) is 0 Å². The molecule has 0 aromatic heterocycles. The number of hydrogen-bond acceptors (Lipinski definition) is 6. The van der Waals surface area contributed by atoms with Gasteiger partial charge in [0.1, 0.15) is 0 Å². The van der Waals surface area contributed by atoms with Crippen LogP contribution in [0.2, 0.25) is 0 Å². The molecule has 2 heterocycles. The van der Waals surface area contributed by atoms with Crippen LogP contribution in [0.1, 0.15) is 70.4 Å². The van der Waals surface area contributed by atoms with Crippen LogP contribution in [-0.4, -0.2) is 98.3 Å². The molecular formula is C33H41F3N4O5. The number of amides is 3. The van der Waals surface area contributed by atoms with Crippen LogP contribution in [0.5, 0.6) is 0 Å². The summed E-state index contributed by atoms with van der Waals surface area (Å²) in [5.74, 6) is -0.701. The van der Waals surface area contributed by atoms with Crippen LogP contribution in [0.15, 0.2) is 48.5 Å². The second-order valence-corrected chi connectivity index (χ2v) is 11.9. The van der Waals surface area contributed by atoms with Gasteiger partial charge in [0.05, 0.1) is 37.5 Å². The van der Waals surface area contributed by atoms with Crippen molar-refractivity contribution in [2.75, 3.05) is 52.5 Å². The first-order chi connectivity index (χ1) is 21.6. The van der Waals surface area contributed by atoms with Gasteiger partial charge in [-0.3, -0.25) is 19.3 Å². The average Bonchev–Trinajstić information content (AvgIpc) is 3.45. The molecule has 2 saturated heterocycles. The number of carbonyl (C=O) groups excluding carboxylic acids is 3. The highest BCUT2D eigenvalue weighted by molar-refractivity contribution is 5.96. The maximum Gasteiger partial charge on any atom is 0.416 e. The fourth-order valence-corrected chi connectivity index (χ4v) is 6.60. The van der Waals surface area contributed by atoms with E-state index in [1.807, 2.05) is 24.0 Å². The predicted molar refractivity (Wildman–Crippen MR) is 161 cm³/mol. The molecular weight excluding hydrogens is 589 g/mol. The maximum absolute atomic E-state index is 13.0. The summed E-state index contributed by atoms with van der Waals surface area (Å²) >= 11 is 0. The fraction of sp³-hybridized carbons (Fsp3) is 0.545. The fourth-order valence-electron chi connectivity index (χ4n) is 6.60. The van der Waals surface area contributed by atoms with Crippen LogP contribution in [0.3, 0.4) is 0 Å². The van der Waals surface area contributed by atoms with E-state index in [4.69, 9.17) is 9.47 Å². The van der Waals surface area contributed by atoms with E-state index >= 15 is 0 Å². The lowest BCUT2D eigenvalue weighted by molar-refractivity contribution is -0.137.